The van der Waals surface area contributed by atoms with Crippen LogP contribution in [-0.2, 0) is 76.3 Å². The van der Waals surface area contributed by atoms with Gasteiger partial charge in [0.1, 0.15) is 0 Å². The predicted octanol–water partition coefficient (Wildman–Crippen LogP) is 13.5. The first-order valence-electron chi connectivity index (χ1n) is 30.3. The quantitative estimate of drug-likeness (QED) is 0.163. The van der Waals surface area contributed by atoms with Crippen molar-refractivity contribution in [1.29, 1.82) is 0 Å². The molecule has 0 aromatic carbocycles. The average molecular weight is 1080 g/mol. The van der Waals surface area contributed by atoms with Gasteiger partial charge < -0.3 is 37.9 Å². The molecule has 0 aliphatic carbocycles. The molecule has 0 radical (unpaired) electrons. The van der Waals surface area contributed by atoms with Gasteiger partial charge in [-0.15, -0.1) is 0 Å². The molecule has 7 aliphatic rings. The van der Waals surface area contributed by atoms with Gasteiger partial charge >= 0.3 is 47.8 Å². The van der Waals surface area contributed by atoms with Gasteiger partial charge in [0, 0.05) is 38.5 Å². The fourth-order valence-electron chi connectivity index (χ4n) is 8.66. The van der Waals surface area contributed by atoms with Crippen molar-refractivity contribution >= 4 is 47.8 Å². The van der Waals surface area contributed by atoms with E-state index in [-0.39, 0.29) is 35.8 Å². The number of hydrogen-bond donors (Lipinski definition) is 0. The molecule has 7 aliphatic heterocycles. The Morgan fingerprint density at radius 3 is 0.500 bits per heavy atom. The van der Waals surface area contributed by atoms with Crippen molar-refractivity contribution in [3.05, 3.63) is 0 Å². The maximum atomic E-state index is 10.9. The maximum Gasteiger partial charge on any atom is 0.347 e. The monoisotopic (exact) mass is 1080 g/mol. The van der Waals surface area contributed by atoms with Crippen molar-refractivity contribution in [1.82, 2.24) is 0 Å². The summed E-state index contributed by atoms with van der Waals surface area (Å²) < 4.78 is 39.1. The van der Waals surface area contributed by atoms with Crippen LogP contribution in [0.3, 0.4) is 0 Å². The molecule has 440 valence electrons. The average Bonchev–Trinajstić information content (AvgIpc) is 3.41. The van der Waals surface area contributed by atoms with Gasteiger partial charge in [0.2, 0.25) is 0 Å². The van der Waals surface area contributed by atoms with Crippen LogP contribution in [0.1, 0.15) is 284 Å². The van der Waals surface area contributed by atoms with Crippen molar-refractivity contribution in [2.75, 3.05) is 39.6 Å². The Balaban J connectivity index is 0.000000443. The van der Waals surface area contributed by atoms with Crippen LogP contribution in [0.15, 0.2) is 0 Å². The Bertz CT molecular complexity index is 1190. The molecule has 0 spiro atoms. The first kappa shape index (κ1) is 69.8. The SMILES string of the molecule is CC1OC(=O)C(C)OC1=O.O=C1CCCCCCCCO1.O=C1CCCCCCCCO1.O=C1CCCCCCCCO1.O=C1CCCCCCCCO1.O=C1CCCCCCCCO1.O=C1CCCCCCCCO1. The lowest BCUT2D eigenvalue weighted by molar-refractivity contribution is -0.191. The van der Waals surface area contributed by atoms with E-state index in [1.807, 2.05) is 0 Å². The maximum absolute atomic E-state index is 10.9. The van der Waals surface area contributed by atoms with Crippen LogP contribution in [0.25, 0.3) is 0 Å². The van der Waals surface area contributed by atoms with Gasteiger partial charge in [-0.3, -0.25) is 28.8 Å². The van der Waals surface area contributed by atoms with Crippen LogP contribution in [-0.4, -0.2) is 99.6 Å². The summed E-state index contributed by atoms with van der Waals surface area (Å²) in [7, 11) is 0. The largest absolute Gasteiger partial charge is 0.466 e. The van der Waals surface area contributed by atoms with Gasteiger partial charge in [-0.25, -0.2) is 9.59 Å². The minimum absolute atomic E-state index is 0.00750. The summed E-state index contributed by atoms with van der Waals surface area (Å²) in [6.45, 7) is 6.78. The topological polar surface area (TPSA) is 210 Å². The third-order valence-electron chi connectivity index (χ3n) is 13.5. The van der Waals surface area contributed by atoms with Gasteiger partial charge in [-0.05, 0) is 90.9 Å². The zero-order chi connectivity index (χ0) is 55.4. The number of rotatable bonds is 0. The lowest BCUT2D eigenvalue weighted by atomic mass is 10.1. The van der Waals surface area contributed by atoms with E-state index in [9.17, 15) is 38.4 Å². The summed E-state index contributed by atoms with van der Waals surface area (Å²) in [5, 5.41) is 0. The standard InChI is InChI=1S/6C9H16O2.C6H8O4/c6*10-9-7-5-3-1-2-4-6-8-11-9;1-3-5(7)10-4(2)6(8)9-3/h6*1-8H2;3-4H,1-2H3. The van der Waals surface area contributed by atoms with Gasteiger partial charge in [-0.1, -0.05) is 154 Å². The van der Waals surface area contributed by atoms with Crippen LogP contribution in [0.5, 0.6) is 0 Å². The fourth-order valence-corrected chi connectivity index (χ4v) is 8.66. The van der Waals surface area contributed by atoms with E-state index in [2.05, 4.69) is 9.47 Å². The second kappa shape index (κ2) is 51.5. The molecule has 16 heteroatoms. The molecule has 0 bridgehead atoms. The molecule has 7 fully saturated rings. The van der Waals surface area contributed by atoms with Gasteiger partial charge in [-0.2, -0.15) is 0 Å². The number of esters is 8. The Hall–Kier alpha value is -4.24. The molecule has 7 saturated heterocycles. The van der Waals surface area contributed by atoms with Gasteiger partial charge in [0.25, 0.3) is 0 Å². The summed E-state index contributed by atoms with van der Waals surface area (Å²) in [5.41, 5.74) is 0. The Kier molecular flexibility index (Phi) is 47.3. The van der Waals surface area contributed by atoms with Crippen LogP contribution in [0.4, 0.5) is 0 Å². The lowest BCUT2D eigenvalue weighted by Crippen LogP contribution is -2.40. The summed E-state index contributed by atoms with van der Waals surface area (Å²) in [6.07, 6.45) is 44.6. The zero-order valence-corrected chi connectivity index (χ0v) is 47.6. The zero-order valence-electron chi connectivity index (χ0n) is 47.6. The smallest absolute Gasteiger partial charge is 0.347 e. The second-order valence-electron chi connectivity index (χ2n) is 20.7. The Labute approximate surface area is 457 Å². The van der Waals surface area contributed by atoms with E-state index >= 15 is 0 Å². The molecular weight excluding hydrogens is 977 g/mol. The minimum atomic E-state index is -0.747. The van der Waals surface area contributed by atoms with E-state index in [4.69, 9.17) is 28.4 Å². The summed E-state index contributed by atoms with van der Waals surface area (Å²) in [6, 6.07) is 0. The summed E-state index contributed by atoms with van der Waals surface area (Å²) >= 11 is 0. The number of ether oxygens (including phenoxy) is 8. The van der Waals surface area contributed by atoms with E-state index < -0.39 is 24.1 Å². The summed E-state index contributed by atoms with van der Waals surface area (Å²) in [5.74, 6) is -1.00. The predicted molar refractivity (Wildman–Crippen MR) is 291 cm³/mol. The highest BCUT2D eigenvalue weighted by Gasteiger charge is 2.32. The van der Waals surface area contributed by atoms with E-state index in [1.165, 1.54) is 168 Å². The lowest BCUT2D eigenvalue weighted by Gasteiger charge is -2.22. The molecule has 7 rings (SSSR count). The number of cyclic esters (lactones) is 8. The number of carbonyl (C=O) groups excluding carboxylic acids is 8. The molecule has 0 aromatic rings. The van der Waals surface area contributed by atoms with Crippen molar-refractivity contribution in [2.24, 2.45) is 0 Å². The number of carbonyl (C=O) groups is 8. The van der Waals surface area contributed by atoms with Crippen LogP contribution in [0.2, 0.25) is 0 Å². The third kappa shape index (κ3) is 47.0. The molecule has 0 saturated carbocycles. The van der Waals surface area contributed by atoms with Crippen LogP contribution < -0.4 is 0 Å². The molecule has 2 unspecified atom stereocenters. The molecule has 0 amide bonds. The van der Waals surface area contributed by atoms with Crippen molar-refractivity contribution in [3.8, 4) is 0 Å². The normalized spacial score (nSPS) is 23.8. The van der Waals surface area contributed by atoms with Crippen LogP contribution >= 0.6 is 0 Å². The minimum Gasteiger partial charge on any atom is -0.466 e. The molecule has 16 nitrogen and oxygen atoms in total. The van der Waals surface area contributed by atoms with Crippen molar-refractivity contribution in [2.45, 2.75) is 296 Å². The van der Waals surface area contributed by atoms with Gasteiger partial charge in [0.15, 0.2) is 12.2 Å². The molecule has 7 heterocycles. The molecule has 2 atom stereocenters. The number of hydrogen-bond acceptors (Lipinski definition) is 16. The van der Waals surface area contributed by atoms with E-state index in [1.54, 1.807) is 0 Å². The first-order chi connectivity index (χ1) is 37.0. The Morgan fingerprint density at radius 1 is 0.211 bits per heavy atom. The van der Waals surface area contributed by atoms with Crippen molar-refractivity contribution < 1.29 is 76.3 Å². The highest BCUT2D eigenvalue weighted by Crippen LogP contribution is 2.15. The molecular formula is C60H104O16. The van der Waals surface area contributed by atoms with Crippen LogP contribution in [0, 0.1) is 0 Å². The third-order valence-corrected chi connectivity index (χ3v) is 13.5. The van der Waals surface area contributed by atoms with Gasteiger partial charge in [0.05, 0.1) is 39.6 Å². The first-order valence-corrected chi connectivity index (χ1v) is 30.3. The van der Waals surface area contributed by atoms with E-state index in [0.29, 0.717) is 78.2 Å². The molecule has 76 heavy (non-hydrogen) atoms. The Morgan fingerprint density at radius 2 is 0.342 bits per heavy atom. The van der Waals surface area contributed by atoms with E-state index in [0.717, 1.165) is 77.0 Å². The fraction of sp³-hybridized carbons (Fsp3) is 0.867. The highest BCUT2D eigenvalue weighted by molar-refractivity contribution is 5.86. The second-order valence-corrected chi connectivity index (χ2v) is 20.7. The molecule has 0 N–H and O–H groups in total. The highest BCUT2D eigenvalue weighted by atomic mass is 16.6. The molecule has 0 aromatic heterocycles. The summed E-state index contributed by atoms with van der Waals surface area (Å²) in [4.78, 5) is 86.6. The van der Waals surface area contributed by atoms with Crippen molar-refractivity contribution in [3.63, 3.8) is 0 Å².